The van der Waals surface area contributed by atoms with Crippen LogP contribution < -0.4 is 5.32 Å². The van der Waals surface area contributed by atoms with Crippen LogP contribution in [-0.2, 0) is 4.74 Å². The van der Waals surface area contributed by atoms with Crippen molar-refractivity contribution in [2.75, 3.05) is 32.9 Å². The second-order valence-corrected chi connectivity index (χ2v) is 2.44. The predicted octanol–water partition coefficient (Wildman–Crippen LogP) is 0.385. The molecule has 0 amide bonds. The molecule has 3 nitrogen and oxygen atoms in total. The van der Waals surface area contributed by atoms with Crippen LogP contribution in [-0.4, -0.2) is 38.0 Å². The molecule has 0 atom stereocenters. The Hall–Kier alpha value is -0.120. The Kier molecular flexibility index (Phi) is 9.77. The summed E-state index contributed by atoms with van der Waals surface area (Å²) in [6.45, 7) is 6.23. The molecule has 2 N–H and O–H groups in total. The molecule has 1 heterocycles. The van der Waals surface area contributed by atoms with Gasteiger partial charge in [-0.2, -0.15) is 0 Å². The first kappa shape index (κ1) is 10.9. The van der Waals surface area contributed by atoms with E-state index in [1.54, 1.807) is 0 Å². The van der Waals surface area contributed by atoms with E-state index in [-0.39, 0.29) is 0 Å². The Bertz CT molecular complexity index is 51.6. The van der Waals surface area contributed by atoms with E-state index in [1.165, 1.54) is 0 Å². The van der Waals surface area contributed by atoms with E-state index < -0.39 is 0 Å². The Balaban J connectivity index is 0.000000187. The van der Waals surface area contributed by atoms with Gasteiger partial charge in [-0.3, -0.25) is 0 Å². The van der Waals surface area contributed by atoms with Crippen LogP contribution >= 0.6 is 0 Å². The number of ether oxygens (including phenoxy) is 1. The Labute approximate surface area is 68.8 Å². The Morgan fingerprint density at radius 3 is 2.09 bits per heavy atom. The first-order valence-corrected chi connectivity index (χ1v) is 4.31. The zero-order valence-electron chi connectivity index (χ0n) is 7.31. The minimum Gasteiger partial charge on any atom is -0.396 e. The van der Waals surface area contributed by atoms with Gasteiger partial charge in [-0.25, -0.2) is 0 Å². The molecule has 0 saturated carbocycles. The normalized spacial score (nSPS) is 16.9. The molecule has 0 aliphatic carbocycles. The van der Waals surface area contributed by atoms with Gasteiger partial charge in [0.2, 0.25) is 0 Å². The molecule has 3 heteroatoms. The van der Waals surface area contributed by atoms with Gasteiger partial charge < -0.3 is 15.2 Å². The van der Waals surface area contributed by atoms with E-state index in [0.29, 0.717) is 6.61 Å². The molecule has 68 valence electrons. The molecule has 0 bridgehead atoms. The molecule has 0 aromatic heterocycles. The quantitative estimate of drug-likeness (QED) is 0.615. The van der Waals surface area contributed by atoms with Crippen molar-refractivity contribution in [2.45, 2.75) is 19.8 Å². The molecule has 11 heavy (non-hydrogen) atoms. The molecule has 1 aliphatic heterocycles. The zero-order valence-corrected chi connectivity index (χ0v) is 7.31. The van der Waals surface area contributed by atoms with Crippen LogP contribution in [0.1, 0.15) is 19.8 Å². The maximum Gasteiger partial charge on any atom is 0.0591 e. The highest BCUT2D eigenvalue weighted by Crippen LogP contribution is 1.79. The van der Waals surface area contributed by atoms with Gasteiger partial charge >= 0.3 is 0 Å². The monoisotopic (exact) mass is 161 g/mol. The highest BCUT2D eigenvalue weighted by molar-refractivity contribution is 4.49. The Morgan fingerprint density at radius 2 is 2.00 bits per heavy atom. The second kappa shape index (κ2) is 9.88. The van der Waals surface area contributed by atoms with Crippen LogP contribution in [0.15, 0.2) is 0 Å². The topological polar surface area (TPSA) is 41.5 Å². The lowest BCUT2D eigenvalue weighted by Crippen LogP contribution is -2.30. The van der Waals surface area contributed by atoms with Gasteiger partial charge in [0.05, 0.1) is 13.2 Å². The number of rotatable bonds is 2. The van der Waals surface area contributed by atoms with Crippen molar-refractivity contribution in [1.82, 2.24) is 5.32 Å². The van der Waals surface area contributed by atoms with Crippen LogP contribution in [0.4, 0.5) is 0 Å². The van der Waals surface area contributed by atoms with Crippen LogP contribution in [0, 0.1) is 0 Å². The predicted molar refractivity (Wildman–Crippen MR) is 45.7 cm³/mol. The van der Waals surface area contributed by atoms with Crippen LogP contribution in [0.5, 0.6) is 0 Å². The first-order chi connectivity index (χ1) is 5.41. The minimum absolute atomic E-state index is 0.344. The van der Waals surface area contributed by atoms with Crippen molar-refractivity contribution in [3.63, 3.8) is 0 Å². The van der Waals surface area contributed by atoms with Crippen molar-refractivity contribution < 1.29 is 9.84 Å². The summed E-state index contributed by atoms with van der Waals surface area (Å²) in [7, 11) is 0. The number of aliphatic hydroxyl groups is 1. The van der Waals surface area contributed by atoms with Crippen molar-refractivity contribution >= 4 is 0 Å². The molecule has 0 unspecified atom stereocenters. The molecule has 1 fully saturated rings. The third-order valence-electron chi connectivity index (χ3n) is 1.36. The number of aliphatic hydroxyl groups excluding tert-OH is 1. The van der Waals surface area contributed by atoms with Gasteiger partial charge in [0, 0.05) is 19.7 Å². The van der Waals surface area contributed by atoms with E-state index >= 15 is 0 Å². The summed E-state index contributed by atoms with van der Waals surface area (Å²) < 4.78 is 5.01. The summed E-state index contributed by atoms with van der Waals surface area (Å²) in [5.41, 5.74) is 0. The summed E-state index contributed by atoms with van der Waals surface area (Å²) in [6, 6.07) is 0. The summed E-state index contributed by atoms with van der Waals surface area (Å²) in [4.78, 5) is 0. The lowest BCUT2D eigenvalue weighted by Gasteiger charge is -2.10. The molecule has 0 radical (unpaired) electrons. The molecule has 0 aromatic rings. The van der Waals surface area contributed by atoms with Crippen molar-refractivity contribution in [3.8, 4) is 0 Å². The summed E-state index contributed by atoms with van der Waals surface area (Å²) >= 11 is 0. The number of hydrogen-bond donors (Lipinski definition) is 2. The fraction of sp³-hybridized carbons (Fsp3) is 1.00. The van der Waals surface area contributed by atoms with Gasteiger partial charge in [-0.1, -0.05) is 13.3 Å². The van der Waals surface area contributed by atoms with Gasteiger partial charge in [0.25, 0.3) is 0 Å². The molecule has 1 rings (SSSR count). The highest BCUT2D eigenvalue weighted by atomic mass is 16.5. The van der Waals surface area contributed by atoms with Crippen molar-refractivity contribution in [3.05, 3.63) is 0 Å². The summed E-state index contributed by atoms with van der Waals surface area (Å²) in [6.07, 6.45) is 2.04. The maximum atomic E-state index is 8.07. The fourth-order valence-corrected chi connectivity index (χ4v) is 0.674. The van der Waals surface area contributed by atoms with Gasteiger partial charge in [0.15, 0.2) is 0 Å². The van der Waals surface area contributed by atoms with Crippen LogP contribution in [0.25, 0.3) is 0 Å². The van der Waals surface area contributed by atoms with Gasteiger partial charge in [0.1, 0.15) is 0 Å². The van der Waals surface area contributed by atoms with Crippen LogP contribution in [0.3, 0.4) is 0 Å². The highest BCUT2D eigenvalue weighted by Gasteiger charge is 1.92. The number of hydrogen-bond acceptors (Lipinski definition) is 3. The van der Waals surface area contributed by atoms with Crippen molar-refractivity contribution in [1.29, 1.82) is 0 Å². The molecule has 1 aliphatic rings. The van der Waals surface area contributed by atoms with Crippen LogP contribution in [0.2, 0.25) is 0 Å². The summed E-state index contributed by atoms with van der Waals surface area (Å²) in [5, 5.41) is 11.2. The fourth-order valence-electron chi connectivity index (χ4n) is 0.674. The average Bonchev–Trinajstić information content (AvgIpc) is 2.10. The number of nitrogens with one attached hydrogen (secondary N) is 1. The van der Waals surface area contributed by atoms with Crippen molar-refractivity contribution in [2.24, 2.45) is 0 Å². The third kappa shape index (κ3) is 9.88. The van der Waals surface area contributed by atoms with E-state index in [0.717, 1.165) is 39.1 Å². The number of morpholine rings is 1. The standard InChI is InChI=1S/C4H9NO.C4H10O/c1-3-6-4-2-5-1;1-2-3-4-5/h5H,1-4H2;5H,2-4H2,1H3. The lowest BCUT2D eigenvalue weighted by molar-refractivity contribution is 0.109. The summed E-state index contributed by atoms with van der Waals surface area (Å²) in [5.74, 6) is 0. The van der Waals surface area contributed by atoms with E-state index in [9.17, 15) is 0 Å². The third-order valence-corrected chi connectivity index (χ3v) is 1.36. The average molecular weight is 161 g/mol. The molecular formula is C8H19NO2. The smallest absolute Gasteiger partial charge is 0.0591 e. The molecular weight excluding hydrogens is 142 g/mol. The number of unbranched alkanes of at least 4 members (excludes halogenated alkanes) is 1. The van der Waals surface area contributed by atoms with E-state index in [4.69, 9.17) is 9.84 Å². The minimum atomic E-state index is 0.344. The molecule has 0 aromatic carbocycles. The first-order valence-electron chi connectivity index (χ1n) is 4.31. The maximum absolute atomic E-state index is 8.07. The van der Waals surface area contributed by atoms with E-state index in [2.05, 4.69) is 12.2 Å². The largest absolute Gasteiger partial charge is 0.396 e. The van der Waals surface area contributed by atoms with Gasteiger partial charge in [-0.15, -0.1) is 0 Å². The SMILES string of the molecule is C1COCCN1.CCCCO. The molecule has 1 saturated heterocycles. The lowest BCUT2D eigenvalue weighted by atomic mass is 10.4. The zero-order chi connectivity index (χ0) is 8.36. The van der Waals surface area contributed by atoms with E-state index in [1.807, 2.05) is 0 Å². The second-order valence-electron chi connectivity index (χ2n) is 2.44. The van der Waals surface area contributed by atoms with Gasteiger partial charge in [-0.05, 0) is 6.42 Å². The molecule has 0 spiro atoms. The Morgan fingerprint density at radius 1 is 1.36 bits per heavy atom.